The van der Waals surface area contributed by atoms with Gasteiger partial charge < -0.3 is 10.5 Å². The SMILES string of the molecule is CCOc1ccc([C@@H](N)C(C)C)cc1Cl. The highest BCUT2D eigenvalue weighted by atomic mass is 35.5. The molecule has 1 atom stereocenters. The summed E-state index contributed by atoms with van der Waals surface area (Å²) >= 11 is 6.08. The molecule has 0 fully saturated rings. The predicted molar refractivity (Wildman–Crippen MR) is 64.4 cm³/mol. The van der Waals surface area contributed by atoms with E-state index in [-0.39, 0.29) is 6.04 Å². The van der Waals surface area contributed by atoms with Gasteiger partial charge in [-0.3, -0.25) is 0 Å². The molecule has 0 aliphatic carbocycles. The fourth-order valence-corrected chi connectivity index (χ4v) is 1.63. The third-order valence-corrected chi connectivity index (χ3v) is 2.65. The summed E-state index contributed by atoms with van der Waals surface area (Å²) in [4.78, 5) is 0. The quantitative estimate of drug-likeness (QED) is 0.856. The van der Waals surface area contributed by atoms with E-state index < -0.39 is 0 Å². The lowest BCUT2D eigenvalue weighted by molar-refractivity contribution is 0.340. The van der Waals surface area contributed by atoms with E-state index in [1.54, 1.807) is 0 Å². The van der Waals surface area contributed by atoms with E-state index in [9.17, 15) is 0 Å². The number of rotatable bonds is 4. The molecule has 0 radical (unpaired) electrons. The predicted octanol–water partition coefficient (Wildman–Crippen LogP) is 3.39. The van der Waals surface area contributed by atoms with Crippen LogP contribution in [0.15, 0.2) is 18.2 Å². The molecule has 0 saturated carbocycles. The van der Waals surface area contributed by atoms with Crippen LogP contribution in [0.4, 0.5) is 0 Å². The summed E-state index contributed by atoms with van der Waals surface area (Å²) in [5, 5.41) is 0.630. The maximum atomic E-state index is 6.08. The van der Waals surface area contributed by atoms with Gasteiger partial charge in [0.15, 0.2) is 0 Å². The zero-order valence-electron chi connectivity index (χ0n) is 9.46. The number of hydrogen-bond donors (Lipinski definition) is 1. The second-order valence-corrected chi connectivity index (χ2v) is 4.30. The molecular formula is C12H18ClNO. The molecule has 0 heterocycles. The highest BCUT2D eigenvalue weighted by molar-refractivity contribution is 6.32. The molecule has 0 spiro atoms. The Morgan fingerprint density at radius 1 is 1.40 bits per heavy atom. The van der Waals surface area contributed by atoms with E-state index >= 15 is 0 Å². The van der Waals surface area contributed by atoms with Crippen LogP contribution in [-0.2, 0) is 0 Å². The van der Waals surface area contributed by atoms with Crippen LogP contribution in [0.1, 0.15) is 32.4 Å². The zero-order chi connectivity index (χ0) is 11.4. The van der Waals surface area contributed by atoms with Crippen molar-refractivity contribution in [3.8, 4) is 5.75 Å². The molecule has 3 heteroatoms. The Balaban J connectivity index is 2.90. The molecule has 1 aromatic rings. The second-order valence-electron chi connectivity index (χ2n) is 3.89. The van der Waals surface area contributed by atoms with Gasteiger partial charge >= 0.3 is 0 Å². The summed E-state index contributed by atoms with van der Waals surface area (Å²) in [6.45, 7) is 6.74. The Morgan fingerprint density at radius 3 is 2.53 bits per heavy atom. The van der Waals surface area contributed by atoms with Gasteiger partial charge in [-0.15, -0.1) is 0 Å². The minimum absolute atomic E-state index is 0.0261. The smallest absolute Gasteiger partial charge is 0.137 e. The average molecular weight is 228 g/mol. The first-order valence-electron chi connectivity index (χ1n) is 5.24. The molecule has 84 valence electrons. The van der Waals surface area contributed by atoms with Gasteiger partial charge in [0, 0.05) is 6.04 Å². The highest BCUT2D eigenvalue weighted by Gasteiger charge is 2.12. The third kappa shape index (κ3) is 3.11. The van der Waals surface area contributed by atoms with Crippen molar-refractivity contribution in [2.45, 2.75) is 26.8 Å². The molecule has 0 aliphatic rings. The molecule has 0 saturated heterocycles. The molecule has 1 rings (SSSR count). The molecule has 2 N–H and O–H groups in total. The number of ether oxygens (including phenoxy) is 1. The van der Waals surface area contributed by atoms with Crippen LogP contribution in [0.2, 0.25) is 5.02 Å². The van der Waals surface area contributed by atoms with Crippen molar-refractivity contribution in [1.29, 1.82) is 0 Å². The second kappa shape index (κ2) is 5.38. The van der Waals surface area contributed by atoms with E-state index in [0.29, 0.717) is 17.5 Å². The van der Waals surface area contributed by atoms with Crippen LogP contribution < -0.4 is 10.5 Å². The molecule has 2 nitrogen and oxygen atoms in total. The molecular weight excluding hydrogens is 210 g/mol. The fourth-order valence-electron chi connectivity index (χ4n) is 1.38. The van der Waals surface area contributed by atoms with Crippen molar-refractivity contribution >= 4 is 11.6 Å². The van der Waals surface area contributed by atoms with Crippen LogP contribution in [0.3, 0.4) is 0 Å². The summed E-state index contributed by atoms with van der Waals surface area (Å²) < 4.78 is 5.36. The van der Waals surface area contributed by atoms with Crippen molar-refractivity contribution in [2.24, 2.45) is 11.7 Å². The Bertz CT molecular complexity index is 325. The number of hydrogen-bond acceptors (Lipinski definition) is 2. The average Bonchev–Trinajstić information content (AvgIpc) is 2.20. The highest BCUT2D eigenvalue weighted by Crippen LogP contribution is 2.29. The van der Waals surface area contributed by atoms with Crippen LogP contribution in [0.25, 0.3) is 0 Å². The molecule has 0 amide bonds. The first kappa shape index (κ1) is 12.3. The normalized spacial score (nSPS) is 12.9. The molecule has 0 aromatic heterocycles. The maximum Gasteiger partial charge on any atom is 0.137 e. The zero-order valence-corrected chi connectivity index (χ0v) is 10.2. The maximum absolute atomic E-state index is 6.08. The van der Waals surface area contributed by atoms with E-state index in [0.717, 1.165) is 11.3 Å². The van der Waals surface area contributed by atoms with Crippen LogP contribution >= 0.6 is 11.6 Å². The van der Waals surface area contributed by atoms with Gasteiger partial charge in [0.25, 0.3) is 0 Å². The van der Waals surface area contributed by atoms with E-state index in [1.807, 2.05) is 25.1 Å². The van der Waals surface area contributed by atoms with Crippen molar-refractivity contribution in [3.05, 3.63) is 28.8 Å². The Labute approximate surface area is 96.4 Å². The monoisotopic (exact) mass is 227 g/mol. The van der Waals surface area contributed by atoms with Gasteiger partial charge in [0.1, 0.15) is 5.75 Å². The minimum Gasteiger partial charge on any atom is -0.492 e. The van der Waals surface area contributed by atoms with Crippen molar-refractivity contribution in [2.75, 3.05) is 6.61 Å². The first-order chi connectivity index (χ1) is 7.06. The van der Waals surface area contributed by atoms with Crippen molar-refractivity contribution in [1.82, 2.24) is 0 Å². The van der Waals surface area contributed by atoms with Gasteiger partial charge in [0.05, 0.1) is 11.6 Å². The summed E-state index contributed by atoms with van der Waals surface area (Å²) in [5.41, 5.74) is 7.09. The summed E-state index contributed by atoms with van der Waals surface area (Å²) in [6, 6.07) is 5.76. The standard InChI is InChI=1S/C12H18ClNO/c1-4-15-11-6-5-9(7-10(11)13)12(14)8(2)3/h5-8,12H,4,14H2,1-3H3/t12-/m0/s1. The van der Waals surface area contributed by atoms with Crippen LogP contribution in [-0.4, -0.2) is 6.61 Å². The summed E-state index contributed by atoms with van der Waals surface area (Å²) in [5.74, 6) is 1.12. The lowest BCUT2D eigenvalue weighted by Crippen LogP contribution is -2.16. The Kier molecular flexibility index (Phi) is 4.43. The minimum atomic E-state index is 0.0261. The van der Waals surface area contributed by atoms with Gasteiger partial charge in [0.2, 0.25) is 0 Å². The molecule has 1 aromatic carbocycles. The number of benzene rings is 1. The third-order valence-electron chi connectivity index (χ3n) is 2.36. The van der Waals surface area contributed by atoms with Gasteiger partial charge in [-0.1, -0.05) is 31.5 Å². The van der Waals surface area contributed by atoms with Crippen molar-refractivity contribution < 1.29 is 4.74 Å². The van der Waals surface area contributed by atoms with E-state index in [4.69, 9.17) is 22.1 Å². The number of nitrogens with two attached hydrogens (primary N) is 1. The van der Waals surface area contributed by atoms with E-state index in [1.165, 1.54) is 0 Å². The van der Waals surface area contributed by atoms with Gasteiger partial charge in [-0.05, 0) is 30.5 Å². The Morgan fingerprint density at radius 2 is 2.07 bits per heavy atom. The molecule has 0 aliphatic heterocycles. The van der Waals surface area contributed by atoms with E-state index in [2.05, 4.69) is 13.8 Å². The molecule has 15 heavy (non-hydrogen) atoms. The van der Waals surface area contributed by atoms with Crippen molar-refractivity contribution in [3.63, 3.8) is 0 Å². The lowest BCUT2D eigenvalue weighted by atomic mass is 9.97. The summed E-state index contributed by atoms with van der Waals surface area (Å²) in [7, 11) is 0. The molecule has 0 bridgehead atoms. The fraction of sp³-hybridized carbons (Fsp3) is 0.500. The Hall–Kier alpha value is -0.730. The first-order valence-corrected chi connectivity index (χ1v) is 5.61. The van der Waals surface area contributed by atoms with Crippen LogP contribution in [0.5, 0.6) is 5.75 Å². The van der Waals surface area contributed by atoms with Gasteiger partial charge in [-0.2, -0.15) is 0 Å². The van der Waals surface area contributed by atoms with Crippen LogP contribution in [0, 0.1) is 5.92 Å². The summed E-state index contributed by atoms with van der Waals surface area (Å²) in [6.07, 6.45) is 0. The largest absolute Gasteiger partial charge is 0.492 e. The molecule has 0 unspecified atom stereocenters. The topological polar surface area (TPSA) is 35.2 Å². The lowest BCUT2D eigenvalue weighted by Gasteiger charge is -2.17. The number of halogens is 1. The van der Waals surface area contributed by atoms with Gasteiger partial charge in [-0.25, -0.2) is 0 Å².